The minimum Gasteiger partial charge on any atom is -0.378 e. The molecule has 2 nitrogen and oxygen atoms in total. The standard InChI is InChI=1S/C16H27NOS/c1-3-11-17-15(16-10-9-13(2)19-16)8-4-6-14-7-5-12-18-14/h9-10,14-15,17H,3-8,11-12H2,1-2H3. The summed E-state index contributed by atoms with van der Waals surface area (Å²) in [4.78, 5) is 2.91. The van der Waals surface area contributed by atoms with Gasteiger partial charge < -0.3 is 10.1 Å². The molecule has 0 spiro atoms. The summed E-state index contributed by atoms with van der Waals surface area (Å²) >= 11 is 1.94. The van der Waals surface area contributed by atoms with Crippen molar-refractivity contribution in [3.8, 4) is 0 Å². The molecule has 0 aliphatic carbocycles. The molecule has 0 aromatic carbocycles. The molecule has 1 aromatic rings. The van der Waals surface area contributed by atoms with E-state index in [4.69, 9.17) is 4.74 Å². The maximum atomic E-state index is 5.71. The molecule has 1 fully saturated rings. The van der Waals surface area contributed by atoms with Crippen LogP contribution in [0.3, 0.4) is 0 Å². The zero-order valence-corrected chi connectivity index (χ0v) is 13.1. The smallest absolute Gasteiger partial charge is 0.0576 e. The van der Waals surface area contributed by atoms with Crippen LogP contribution in [0, 0.1) is 6.92 Å². The molecule has 19 heavy (non-hydrogen) atoms. The van der Waals surface area contributed by atoms with Crippen molar-refractivity contribution >= 4 is 11.3 Å². The van der Waals surface area contributed by atoms with Crippen LogP contribution in [0.2, 0.25) is 0 Å². The van der Waals surface area contributed by atoms with Crippen molar-refractivity contribution in [1.82, 2.24) is 5.32 Å². The van der Waals surface area contributed by atoms with Gasteiger partial charge in [-0.2, -0.15) is 0 Å². The molecule has 2 rings (SSSR count). The lowest BCUT2D eigenvalue weighted by atomic mass is 10.0. The molecule has 108 valence electrons. The Kier molecular flexibility index (Phi) is 6.35. The predicted molar refractivity (Wildman–Crippen MR) is 82.9 cm³/mol. The van der Waals surface area contributed by atoms with E-state index in [-0.39, 0.29) is 0 Å². The lowest BCUT2D eigenvalue weighted by Gasteiger charge is -2.18. The largest absolute Gasteiger partial charge is 0.378 e. The average Bonchev–Trinajstić information content (AvgIpc) is 3.05. The fourth-order valence-electron chi connectivity index (χ4n) is 2.73. The zero-order chi connectivity index (χ0) is 13.5. The predicted octanol–water partition coefficient (Wildman–Crippen LogP) is 4.45. The van der Waals surface area contributed by atoms with E-state index < -0.39 is 0 Å². The molecule has 3 heteroatoms. The molecule has 1 aliphatic rings. The molecule has 2 unspecified atom stereocenters. The number of hydrogen-bond donors (Lipinski definition) is 1. The van der Waals surface area contributed by atoms with E-state index in [0.717, 1.165) is 13.2 Å². The van der Waals surface area contributed by atoms with Gasteiger partial charge in [0, 0.05) is 22.4 Å². The lowest BCUT2D eigenvalue weighted by Crippen LogP contribution is -2.21. The SMILES string of the molecule is CCCNC(CCCC1CCCO1)c1ccc(C)s1. The molecular weight excluding hydrogens is 254 g/mol. The molecule has 0 bridgehead atoms. The van der Waals surface area contributed by atoms with Crippen LogP contribution in [0.1, 0.15) is 61.2 Å². The first-order chi connectivity index (χ1) is 9.29. The second-order valence-corrected chi connectivity index (χ2v) is 6.84. The van der Waals surface area contributed by atoms with Crippen molar-refractivity contribution < 1.29 is 4.74 Å². The van der Waals surface area contributed by atoms with Crippen molar-refractivity contribution in [3.05, 3.63) is 21.9 Å². The number of thiophene rings is 1. The molecule has 0 saturated carbocycles. The highest BCUT2D eigenvalue weighted by atomic mass is 32.1. The first-order valence-corrected chi connectivity index (χ1v) is 8.52. The number of nitrogens with one attached hydrogen (secondary N) is 1. The van der Waals surface area contributed by atoms with Gasteiger partial charge in [-0.15, -0.1) is 11.3 Å². The van der Waals surface area contributed by atoms with Crippen molar-refractivity contribution in [2.45, 2.75) is 64.5 Å². The molecule has 1 aliphatic heterocycles. The highest BCUT2D eigenvalue weighted by Crippen LogP contribution is 2.28. The first kappa shape index (κ1) is 15.0. The molecule has 1 saturated heterocycles. The third-order valence-electron chi connectivity index (χ3n) is 3.79. The van der Waals surface area contributed by atoms with Crippen LogP contribution in [0.5, 0.6) is 0 Å². The van der Waals surface area contributed by atoms with Gasteiger partial charge in [0.05, 0.1) is 6.10 Å². The third-order valence-corrected chi connectivity index (χ3v) is 4.90. The minimum atomic E-state index is 0.539. The number of aryl methyl sites for hydroxylation is 1. The van der Waals surface area contributed by atoms with Crippen molar-refractivity contribution in [2.24, 2.45) is 0 Å². The van der Waals surface area contributed by atoms with E-state index in [9.17, 15) is 0 Å². The van der Waals surface area contributed by atoms with Crippen LogP contribution >= 0.6 is 11.3 Å². The summed E-state index contributed by atoms with van der Waals surface area (Å²) < 4.78 is 5.71. The van der Waals surface area contributed by atoms with E-state index in [0.29, 0.717) is 12.1 Å². The second kappa shape index (κ2) is 8.03. The average molecular weight is 281 g/mol. The van der Waals surface area contributed by atoms with E-state index in [2.05, 4.69) is 31.3 Å². The fourth-order valence-corrected chi connectivity index (χ4v) is 3.71. The van der Waals surface area contributed by atoms with Gasteiger partial charge in [0.1, 0.15) is 0 Å². The number of hydrogen-bond acceptors (Lipinski definition) is 3. The van der Waals surface area contributed by atoms with Crippen LogP contribution < -0.4 is 5.32 Å². The summed E-state index contributed by atoms with van der Waals surface area (Å²) in [5.74, 6) is 0. The molecule has 1 N–H and O–H groups in total. The third kappa shape index (κ3) is 4.90. The van der Waals surface area contributed by atoms with E-state index in [1.807, 2.05) is 11.3 Å². The first-order valence-electron chi connectivity index (χ1n) is 7.71. The molecule has 2 heterocycles. The van der Waals surface area contributed by atoms with Crippen molar-refractivity contribution in [1.29, 1.82) is 0 Å². The Morgan fingerprint density at radius 3 is 3.00 bits per heavy atom. The van der Waals surface area contributed by atoms with Gasteiger partial charge >= 0.3 is 0 Å². The normalized spacial score (nSPS) is 20.8. The molecule has 2 atom stereocenters. The van der Waals surface area contributed by atoms with Gasteiger partial charge in [-0.3, -0.25) is 0 Å². The Labute approximate surface area is 121 Å². The van der Waals surface area contributed by atoms with Gasteiger partial charge in [0.15, 0.2) is 0 Å². The van der Waals surface area contributed by atoms with Crippen LogP contribution in [0.4, 0.5) is 0 Å². The summed E-state index contributed by atoms with van der Waals surface area (Å²) in [6.07, 6.45) is 8.00. The van der Waals surface area contributed by atoms with Crippen molar-refractivity contribution in [2.75, 3.05) is 13.2 Å². The van der Waals surface area contributed by atoms with Crippen LogP contribution in [0.15, 0.2) is 12.1 Å². The Bertz CT molecular complexity index is 357. The second-order valence-electron chi connectivity index (χ2n) is 5.52. The summed E-state index contributed by atoms with van der Waals surface area (Å²) in [5.41, 5.74) is 0. The highest BCUT2D eigenvalue weighted by molar-refractivity contribution is 7.12. The zero-order valence-electron chi connectivity index (χ0n) is 12.3. The Hall–Kier alpha value is -0.380. The van der Waals surface area contributed by atoms with Crippen LogP contribution in [-0.2, 0) is 4.74 Å². The van der Waals surface area contributed by atoms with Gasteiger partial charge in [0.25, 0.3) is 0 Å². The monoisotopic (exact) mass is 281 g/mol. The Morgan fingerprint density at radius 2 is 2.37 bits per heavy atom. The van der Waals surface area contributed by atoms with Crippen LogP contribution in [-0.4, -0.2) is 19.3 Å². The summed E-state index contributed by atoms with van der Waals surface area (Å²) in [6, 6.07) is 5.07. The van der Waals surface area contributed by atoms with Gasteiger partial charge in [-0.1, -0.05) is 6.92 Å². The fraction of sp³-hybridized carbons (Fsp3) is 0.750. The Morgan fingerprint density at radius 1 is 1.47 bits per heavy atom. The molecule has 0 amide bonds. The molecule has 1 aromatic heterocycles. The topological polar surface area (TPSA) is 21.3 Å². The minimum absolute atomic E-state index is 0.539. The summed E-state index contributed by atoms with van der Waals surface area (Å²) in [5, 5.41) is 3.69. The van der Waals surface area contributed by atoms with Crippen molar-refractivity contribution in [3.63, 3.8) is 0 Å². The number of ether oxygens (including phenoxy) is 1. The maximum Gasteiger partial charge on any atom is 0.0576 e. The van der Waals surface area contributed by atoms with Gasteiger partial charge in [-0.25, -0.2) is 0 Å². The molecular formula is C16H27NOS. The van der Waals surface area contributed by atoms with E-state index in [1.54, 1.807) is 0 Å². The summed E-state index contributed by atoms with van der Waals surface area (Å²) in [7, 11) is 0. The van der Waals surface area contributed by atoms with Gasteiger partial charge in [-0.05, 0) is 64.1 Å². The number of rotatable bonds is 8. The maximum absolute atomic E-state index is 5.71. The lowest BCUT2D eigenvalue weighted by molar-refractivity contribution is 0.101. The highest BCUT2D eigenvalue weighted by Gasteiger charge is 2.17. The van der Waals surface area contributed by atoms with E-state index >= 15 is 0 Å². The van der Waals surface area contributed by atoms with Crippen LogP contribution in [0.25, 0.3) is 0 Å². The molecule has 0 radical (unpaired) electrons. The van der Waals surface area contributed by atoms with E-state index in [1.165, 1.54) is 48.3 Å². The summed E-state index contributed by atoms with van der Waals surface area (Å²) in [6.45, 7) is 6.52. The Balaban J connectivity index is 1.79. The van der Waals surface area contributed by atoms with Gasteiger partial charge in [0.2, 0.25) is 0 Å². The quantitative estimate of drug-likeness (QED) is 0.760.